The van der Waals surface area contributed by atoms with Crippen LogP contribution in [-0.4, -0.2) is 19.1 Å². The van der Waals surface area contributed by atoms with E-state index in [0.717, 1.165) is 11.3 Å². The van der Waals surface area contributed by atoms with E-state index in [4.69, 9.17) is 13.9 Å². The summed E-state index contributed by atoms with van der Waals surface area (Å²) < 4.78 is 16.0. The van der Waals surface area contributed by atoms with Gasteiger partial charge in [-0.25, -0.2) is 0 Å². The van der Waals surface area contributed by atoms with Crippen molar-refractivity contribution in [2.45, 2.75) is 13.5 Å². The van der Waals surface area contributed by atoms with Gasteiger partial charge >= 0.3 is 6.08 Å². The second-order valence-electron chi connectivity index (χ2n) is 3.89. The number of rotatable bonds is 5. The van der Waals surface area contributed by atoms with Crippen LogP contribution in [0.5, 0.6) is 17.6 Å². The molecule has 0 radical (unpaired) electrons. The molecule has 0 bridgehead atoms. The van der Waals surface area contributed by atoms with Crippen LogP contribution in [0.4, 0.5) is 0 Å². The van der Waals surface area contributed by atoms with Crippen LogP contribution in [-0.2, 0) is 6.54 Å². The van der Waals surface area contributed by atoms with Crippen LogP contribution in [0.1, 0.15) is 11.3 Å². The first-order valence-electron chi connectivity index (χ1n) is 5.64. The molecule has 18 heavy (non-hydrogen) atoms. The Morgan fingerprint density at radius 1 is 1.33 bits per heavy atom. The van der Waals surface area contributed by atoms with Crippen molar-refractivity contribution >= 4 is 0 Å². The third kappa shape index (κ3) is 2.81. The summed E-state index contributed by atoms with van der Waals surface area (Å²) in [6.45, 7) is 2.63. The number of methoxy groups -OCH3 is 1. The standard InChI is InChI=1S/C13H16N2O3/c1-9-4-5-11(12(6-9)16-3)18-13-15-10(7-14-2)8-17-13/h4-6,8,14H,7H2,1-3H3. The third-order valence-electron chi connectivity index (χ3n) is 2.40. The van der Waals surface area contributed by atoms with E-state index < -0.39 is 0 Å². The molecule has 5 heteroatoms. The molecule has 0 aliphatic carbocycles. The smallest absolute Gasteiger partial charge is 0.399 e. The Labute approximate surface area is 106 Å². The van der Waals surface area contributed by atoms with Gasteiger partial charge in [0.1, 0.15) is 6.26 Å². The number of hydrogen-bond acceptors (Lipinski definition) is 5. The number of nitrogens with zero attached hydrogens (tertiary/aromatic N) is 1. The molecule has 5 nitrogen and oxygen atoms in total. The summed E-state index contributed by atoms with van der Waals surface area (Å²) in [6.07, 6.45) is 1.77. The summed E-state index contributed by atoms with van der Waals surface area (Å²) in [5.74, 6) is 1.24. The Morgan fingerprint density at radius 3 is 2.89 bits per heavy atom. The molecule has 0 saturated carbocycles. The number of nitrogens with one attached hydrogen (secondary N) is 1. The Morgan fingerprint density at radius 2 is 2.17 bits per heavy atom. The third-order valence-corrected chi connectivity index (χ3v) is 2.40. The molecule has 0 fully saturated rings. The van der Waals surface area contributed by atoms with Crippen LogP contribution in [0.3, 0.4) is 0 Å². The van der Waals surface area contributed by atoms with Gasteiger partial charge in [0, 0.05) is 6.54 Å². The minimum absolute atomic E-state index is 0.211. The highest BCUT2D eigenvalue weighted by atomic mass is 16.6. The van der Waals surface area contributed by atoms with Gasteiger partial charge in [-0.05, 0) is 31.7 Å². The molecule has 0 unspecified atom stereocenters. The molecule has 0 amide bonds. The van der Waals surface area contributed by atoms with E-state index in [1.807, 2.05) is 32.2 Å². The Hall–Kier alpha value is -2.01. The largest absolute Gasteiger partial charge is 0.493 e. The SMILES string of the molecule is CNCc1coc(Oc2ccc(C)cc2OC)n1. The molecule has 2 aromatic rings. The summed E-state index contributed by atoms with van der Waals surface area (Å²) in [7, 11) is 3.45. The minimum Gasteiger partial charge on any atom is -0.493 e. The highest BCUT2D eigenvalue weighted by Crippen LogP contribution is 2.31. The predicted octanol–water partition coefficient (Wildman–Crippen LogP) is 2.50. The average Bonchev–Trinajstić information content (AvgIpc) is 2.79. The second-order valence-corrected chi connectivity index (χ2v) is 3.89. The number of hydrogen-bond donors (Lipinski definition) is 1. The average molecular weight is 248 g/mol. The van der Waals surface area contributed by atoms with E-state index in [9.17, 15) is 0 Å². The summed E-state index contributed by atoms with van der Waals surface area (Å²) in [5, 5.41) is 2.99. The molecule has 0 spiro atoms. The van der Waals surface area contributed by atoms with Crippen molar-refractivity contribution in [1.82, 2.24) is 10.3 Å². The van der Waals surface area contributed by atoms with Gasteiger partial charge in [0.2, 0.25) is 0 Å². The number of benzene rings is 1. The molecule has 0 aliphatic heterocycles. The highest BCUT2D eigenvalue weighted by Gasteiger charge is 2.10. The zero-order valence-corrected chi connectivity index (χ0v) is 10.7. The van der Waals surface area contributed by atoms with Crippen LogP contribution in [0.25, 0.3) is 0 Å². The van der Waals surface area contributed by atoms with E-state index in [0.29, 0.717) is 18.0 Å². The van der Waals surface area contributed by atoms with Gasteiger partial charge in [-0.1, -0.05) is 6.07 Å². The molecule has 0 atom stereocenters. The Kier molecular flexibility index (Phi) is 3.84. The fraction of sp³-hybridized carbons (Fsp3) is 0.308. The van der Waals surface area contributed by atoms with Crippen molar-refractivity contribution in [3.8, 4) is 17.6 Å². The minimum atomic E-state index is 0.211. The monoisotopic (exact) mass is 248 g/mol. The van der Waals surface area contributed by atoms with Crippen molar-refractivity contribution in [2.75, 3.05) is 14.2 Å². The molecule has 1 N–H and O–H groups in total. The first-order valence-corrected chi connectivity index (χ1v) is 5.64. The van der Waals surface area contributed by atoms with Gasteiger partial charge in [0.15, 0.2) is 11.5 Å². The molecule has 96 valence electrons. The zero-order chi connectivity index (χ0) is 13.0. The van der Waals surface area contributed by atoms with Crippen LogP contribution in [0.2, 0.25) is 0 Å². The molecule has 2 rings (SSSR count). The maximum Gasteiger partial charge on any atom is 0.399 e. The molecule has 1 aromatic heterocycles. The second kappa shape index (κ2) is 5.55. The van der Waals surface area contributed by atoms with Gasteiger partial charge in [-0.15, -0.1) is 0 Å². The predicted molar refractivity (Wildman–Crippen MR) is 67.1 cm³/mol. The highest BCUT2D eigenvalue weighted by molar-refractivity contribution is 5.43. The Balaban J connectivity index is 2.17. The van der Waals surface area contributed by atoms with Crippen LogP contribution in [0.15, 0.2) is 28.9 Å². The van der Waals surface area contributed by atoms with Gasteiger partial charge < -0.3 is 19.2 Å². The van der Waals surface area contributed by atoms with Gasteiger partial charge in [-0.2, -0.15) is 4.98 Å². The first kappa shape index (κ1) is 12.4. The van der Waals surface area contributed by atoms with Crippen molar-refractivity contribution in [3.05, 3.63) is 35.7 Å². The lowest BCUT2D eigenvalue weighted by Crippen LogP contribution is -2.04. The summed E-state index contributed by atoms with van der Waals surface area (Å²) in [6, 6.07) is 5.66. The van der Waals surface area contributed by atoms with Gasteiger partial charge in [0.25, 0.3) is 0 Å². The lowest BCUT2D eigenvalue weighted by atomic mass is 10.2. The summed E-state index contributed by atoms with van der Waals surface area (Å²) in [4.78, 5) is 4.19. The summed E-state index contributed by atoms with van der Waals surface area (Å²) >= 11 is 0. The van der Waals surface area contributed by atoms with Crippen molar-refractivity contribution in [2.24, 2.45) is 0 Å². The lowest BCUT2D eigenvalue weighted by Gasteiger charge is -2.07. The van der Waals surface area contributed by atoms with E-state index >= 15 is 0 Å². The zero-order valence-electron chi connectivity index (χ0n) is 10.7. The molecule has 0 saturated heterocycles. The van der Waals surface area contributed by atoms with Crippen LogP contribution >= 0.6 is 0 Å². The lowest BCUT2D eigenvalue weighted by molar-refractivity contribution is 0.310. The van der Waals surface area contributed by atoms with Gasteiger partial charge in [0.05, 0.1) is 12.8 Å². The molecule has 1 aromatic carbocycles. The number of ether oxygens (including phenoxy) is 2. The molecule has 1 heterocycles. The fourth-order valence-electron chi connectivity index (χ4n) is 1.55. The molecule has 0 aliphatic rings. The maximum atomic E-state index is 5.55. The normalized spacial score (nSPS) is 10.4. The topological polar surface area (TPSA) is 56.5 Å². The number of oxazole rings is 1. The fourth-order valence-corrected chi connectivity index (χ4v) is 1.55. The Bertz CT molecular complexity index is 523. The van der Waals surface area contributed by atoms with Gasteiger partial charge in [-0.3, -0.25) is 0 Å². The molecular formula is C13H16N2O3. The number of aromatic nitrogens is 1. The maximum absolute atomic E-state index is 5.55. The van der Waals surface area contributed by atoms with E-state index in [2.05, 4.69) is 10.3 Å². The van der Waals surface area contributed by atoms with E-state index in [-0.39, 0.29) is 6.08 Å². The quantitative estimate of drug-likeness (QED) is 0.881. The van der Waals surface area contributed by atoms with E-state index in [1.54, 1.807) is 13.4 Å². The van der Waals surface area contributed by atoms with Crippen molar-refractivity contribution in [1.29, 1.82) is 0 Å². The number of aryl methyl sites for hydroxylation is 1. The van der Waals surface area contributed by atoms with Crippen molar-refractivity contribution in [3.63, 3.8) is 0 Å². The van der Waals surface area contributed by atoms with Crippen LogP contribution < -0.4 is 14.8 Å². The van der Waals surface area contributed by atoms with Crippen LogP contribution in [0, 0.1) is 6.92 Å². The van der Waals surface area contributed by atoms with E-state index in [1.165, 1.54) is 0 Å². The van der Waals surface area contributed by atoms with Crippen molar-refractivity contribution < 1.29 is 13.9 Å². The summed E-state index contributed by atoms with van der Waals surface area (Å²) in [5.41, 5.74) is 1.89. The molecular weight excluding hydrogens is 232 g/mol. The first-order chi connectivity index (χ1) is 8.72.